The van der Waals surface area contributed by atoms with Crippen molar-refractivity contribution >= 4 is 0 Å². The van der Waals surface area contributed by atoms with E-state index < -0.39 is 0 Å². The van der Waals surface area contributed by atoms with E-state index in [1.165, 1.54) is 0 Å². The summed E-state index contributed by atoms with van der Waals surface area (Å²) in [4.78, 5) is 0. The molecule has 0 saturated heterocycles. The average molecular weight is 126 g/mol. The predicted octanol–water partition coefficient (Wildman–Crippen LogP) is 2.11. The number of nitrogens with zero attached hydrogens (tertiary/aromatic N) is 2. The molecule has 0 fully saturated rings. The summed E-state index contributed by atoms with van der Waals surface area (Å²) in [7, 11) is 0. The van der Waals surface area contributed by atoms with Gasteiger partial charge < -0.3 is 0 Å². The number of hydrogen-bond acceptors (Lipinski definition) is 2. The zero-order chi connectivity index (χ0) is 6.85. The van der Waals surface area contributed by atoms with Gasteiger partial charge in [-0.3, -0.25) is 0 Å². The lowest BCUT2D eigenvalue weighted by atomic mass is 9.94. The first kappa shape index (κ1) is 6.72. The first-order valence-electron chi connectivity index (χ1n) is 3.58. The molecule has 0 spiro atoms. The quantitative estimate of drug-likeness (QED) is 0.514. The van der Waals surface area contributed by atoms with Crippen molar-refractivity contribution in [2.24, 2.45) is 22.1 Å². The zero-order valence-electron chi connectivity index (χ0n) is 6.33. The highest BCUT2D eigenvalue weighted by Gasteiger charge is 2.23. The molecule has 0 amide bonds. The van der Waals surface area contributed by atoms with Crippen LogP contribution in [-0.2, 0) is 0 Å². The van der Waals surface area contributed by atoms with Crippen molar-refractivity contribution in [3.05, 3.63) is 0 Å². The fourth-order valence-corrected chi connectivity index (χ4v) is 1.28. The van der Waals surface area contributed by atoms with Crippen molar-refractivity contribution in [1.29, 1.82) is 0 Å². The van der Waals surface area contributed by atoms with Crippen LogP contribution in [0.3, 0.4) is 0 Å². The molecule has 1 rings (SSSR count). The Bertz CT molecular complexity index is 118. The molecular formula is C7H14N2. The summed E-state index contributed by atoms with van der Waals surface area (Å²) in [6.45, 7) is 7.55. The smallest absolute Gasteiger partial charge is 0.0774 e. The number of hydrogen-bond donors (Lipinski definition) is 0. The Labute approximate surface area is 56.4 Å². The molecule has 9 heavy (non-hydrogen) atoms. The van der Waals surface area contributed by atoms with Gasteiger partial charge in [0.05, 0.1) is 12.6 Å². The Balaban J connectivity index is 2.49. The van der Waals surface area contributed by atoms with Gasteiger partial charge in [-0.1, -0.05) is 20.8 Å². The van der Waals surface area contributed by atoms with E-state index in [9.17, 15) is 0 Å². The molecule has 0 bridgehead atoms. The summed E-state index contributed by atoms with van der Waals surface area (Å²) in [5.74, 6) is 1.33. The van der Waals surface area contributed by atoms with Crippen LogP contribution in [0.25, 0.3) is 0 Å². The summed E-state index contributed by atoms with van der Waals surface area (Å²) < 4.78 is 0. The van der Waals surface area contributed by atoms with Crippen LogP contribution in [-0.4, -0.2) is 12.6 Å². The Kier molecular flexibility index (Phi) is 1.84. The minimum atomic E-state index is 0.491. The van der Waals surface area contributed by atoms with Gasteiger partial charge >= 0.3 is 0 Å². The van der Waals surface area contributed by atoms with Crippen molar-refractivity contribution in [2.75, 3.05) is 6.54 Å². The molecule has 1 aliphatic rings. The fraction of sp³-hybridized carbons (Fsp3) is 1.00. The van der Waals surface area contributed by atoms with Gasteiger partial charge in [0.25, 0.3) is 0 Å². The molecule has 0 N–H and O–H groups in total. The molecular weight excluding hydrogens is 112 g/mol. The topological polar surface area (TPSA) is 24.7 Å². The van der Waals surface area contributed by atoms with Crippen molar-refractivity contribution in [2.45, 2.75) is 26.8 Å². The third kappa shape index (κ3) is 1.29. The van der Waals surface area contributed by atoms with Crippen LogP contribution < -0.4 is 0 Å². The van der Waals surface area contributed by atoms with Gasteiger partial charge in [0.2, 0.25) is 0 Å². The van der Waals surface area contributed by atoms with E-state index in [0.717, 1.165) is 6.54 Å². The molecule has 0 aliphatic carbocycles. The van der Waals surface area contributed by atoms with Crippen molar-refractivity contribution in [1.82, 2.24) is 0 Å². The van der Waals surface area contributed by atoms with E-state index in [4.69, 9.17) is 0 Å². The van der Waals surface area contributed by atoms with Crippen LogP contribution in [0.5, 0.6) is 0 Å². The van der Waals surface area contributed by atoms with Crippen LogP contribution in [0.4, 0.5) is 0 Å². The van der Waals surface area contributed by atoms with Crippen LogP contribution in [0.1, 0.15) is 20.8 Å². The molecule has 2 heteroatoms. The van der Waals surface area contributed by atoms with Gasteiger partial charge in [0, 0.05) is 5.92 Å². The Hall–Kier alpha value is -0.400. The van der Waals surface area contributed by atoms with Gasteiger partial charge in [-0.05, 0) is 5.92 Å². The molecule has 1 heterocycles. The summed E-state index contributed by atoms with van der Waals surface area (Å²) in [5.41, 5.74) is 0. The second-order valence-electron chi connectivity index (χ2n) is 3.15. The molecule has 2 unspecified atom stereocenters. The predicted molar refractivity (Wildman–Crippen MR) is 37.5 cm³/mol. The minimum absolute atomic E-state index is 0.491. The lowest BCUT2D eigenvalue weighted by molar-refractivity contribution is 0.409. The molecule has 2 nitrogen and oxygen atoms in total. The van der Waals surface area contributed by atoms with Gasteiger partial charge in [0.15, 0.2) is 0 Å². The monoisotopic (exact) mass is 126 g/mol. The first-order valence-corrected chi connectivity index (χ1v) is 3.58. The van der Waals surface area contributed by atoms with Crippen LogP contribution in [0, 0.1) is 11.8 Å². The first-order chi connectivity index (χ1) is 4.22. The van der Waals surface area contributed by atoms with Gasteiger partial charge in [-0.15, -0.1) is 0 Å². The van der Waals surface area contributed by atoms with Crippen molar-refractivity contribution in [3.63, 3.8) is 0 Å². The standard InChI is InChI=1S/C7H14N2/c1-5(2)7-6(3)4-8-9-7/h5-7H,4H2,1-3H3. The maximum Gasteiger partial charge on any atom is 0.0774 e. The average Bonchev–Trinajstić information content (AvgIpc) is 2.13. The number of rotatable bonds is 1. The lowest BCUT2D eigenvalue weighted by Crippen LogP contribution is -2.18. The maximum absolute atomic E-state index is 4.14. The number of azo groups is 1. The maximum atomic E-state index is 4.14. The molecule has 0 radical (unpaired) electrons. The molecule has 0 aromatic carbocycles. The molecule has 0 aromatic heterocycles. The Morgan fingerprint density at radius 2 is 2.11 bits per heavy atom. The summed E-state index contributed by atoms with van der Waals surface area (Å²) in [6.07, 6.45) is 0. The van der Waals surface area contributed by atoms with E-state index in [1.54, 1.807) is 0 Å². The molecule has 52 valence electrons. The van der Waals surface area contributed by atoms with Gasteiger partial charge in [-0.2, -0.15) is 10.2 Å². The largest absolute Gasteiger partial charge is 0.194 e. The van der Waals surface area contributed by atoms with E-state index in [0.29, 0.717) is 17.9 Å². The van der Waals surface area contributed by atoms with E-state index in [2.05, 4.69) is 31.0 Å². The van der Waals surface area contributed by atoms with E-state index in [1.807, 2.05) is 0 Å². The van der Waals surface area contributed by atoms with E-state index in [-0.39, 0.29) is 0 Å². The second-order valence-corrected chi connectivity index (χ2v) is 3.15. The normalized spacial score (nSPS) is 34.2. The van der Waals surface area contributed by atoms with Crippen LogP contribution in [0.15, 0.2) is 10.2 Å². The molecule has 0 saturated carbocycles. The second kappa shape index (κ2) is 2.46. The minimum Gasteiger partial charge on any atom is -0.194 e. The summed E-state index contributed by atoms with van der Waals surface area (Å²) >= 11 is 0. The SMILES string of the molecule is CC(C)C1N=NCC1C. The van der Waals surface area contributed by atoms with E-state index >= 15 is 0 Å². The Morgan fingerprint density at radius 3 is 2.33 bits per heavy atom. The van der Waals surface area contributed by atoms with Gasteiger partial charge in [0.1, 0.15) is 0 Å². The van der Waals surface area contributed by atoms with Crippen LogP contribution in [0.2, 0.25) is 0 Å². The van der Waals surface area contributed by atoms with Crippen molar-refractivity contribution in [3.8, 4) is 0 Å². The highest BCUT2D eigenvalue weighted by molar-refractivity contribution is 4.80. The third-order valence-corrected chi connectivity index (χ3v) is 1.85. The molecule has 2 atom stereocenters. The van der Waals surface area contributed by atoms with Gasteiger partial charge in [-0.25, -0.2) is 0 Å². The highest BCUT2D eigenvalue weighted by atomic mass is 15.2. The summed E-state index contributed by atoms with van der Waals surface area (Å²) in [5, 5.41) is 8.13. The molecule has 1 aliphatic heterocycles. The Morgan fingerprint density at radius 1 is 1.44 bits per heavy atom. The molecule has 0 aromatic rings. The third-order valence-electron chi connectivity index (χ3n) is 1.85. The lowest BCUT2D eigenvalue weighted by Gasteiger charge is -2.14. The summed E-state index contributed by atoms with van der Waals surface area (Å²) in [6, 6.07) is 0.491. The fourth-order valence-electron chi connectivity index (χ4n) is 1.28. The highest BCUT2D eigenvalue weighted by Crippen LogP contribution is 2.22. The van der Waals surface area contributed by atoms with Crippen LogP contribution >= 0.6 is 0 Å². The zero-order valence-corrected chi connectivity index (χ0v) is 6.33. The van der Waals surface area contributed by atoms with Crippen molar-refractivity contribution < 1.29 is 0 Å².